The zero-order valence-electron chi connectivity index (χ0n) is 17.1. The summed E-state index contributed by atoms with van der Waals surface area (Å²) in [7, 11) is 0. The molecule has 4 heterocycles. The second kappa shape index (κ2) is 8.26. The van der Waals surface area contributed by atoms with Gasteiger partial charge >= 0.3 is 0 Å². The number of ether oxygens (including phenoxy) is 1. The first-order valence-electron chi connectivity index (χ1n) is 10.7. The van der Waals surface area contributed by atoms with Crippen molar-refractivity contribution < 1.29 is 18.3 Å². The maximum absolute atomic E-state index is 14.4. The van der Waals surface area contributed by atoms with E-state index in [0.717, 1.165) is 50.6 Å². The van der Waals surface area contributed by atoms with Gasteiger partial charge < -0.3 is 15.0 Å². The van der Waals surface area contributed by atoms with Crippen LogP contribution in [0.25, 0.3) is 5.52 Å². The van der Waals surface area contributed by atoms with Gasteiger partial charge in [0.15, 0.2) is 0 Å². The van der Waals surface area contributed by atoms with Gasteiger partial charge in [0.2, 0.25) is 0 Å². The minimum absolute atomic E-state index is 0.0628. The van der Waals surface area contributed by atoms with E-state index >= 15 is 0 Å². The fraction of sp³-hybridized carbons (Fsp3) is 0.391. The van der Waals surface area contributed by atoms with Gasteiger partial charge in [0, 0.05) is 37.1 Å². The summed E-state index contributed by atoms with van der Waals surface area (Å²) in [6, 6.07) is 7.13. The number of benzene rings is 1. The van der Waals surface area contributed by atoms with Crippen molar-refractivity contribution in [3.63, 3.8) is 0 Å². The van der Waals surface area contributed by atoms with E-state index in [1.807, 2.05) is 12.1 Å². The number of aromatic nitrogens is 2. The molecule has 2 aliphatic heterocycles. The van der Waals surface area contributed by atoms with Crippen molar-refractivity contribution in [2.45, 2.75) is 37.8 Å². The van der Waals surface area contributed by atoms with Crippen LogP contribution < -0.4 is 10.2 Å². The molecule has 8 heteroatoms. The Hall–Kier alpha value is -3.00. The van der Waals surface area contributed by atoms with E-state index in [1.165, 1.54) is 12.1 Å². The van der Waals surface area contributed by atoms with Crippen molar-refractivity contribution in [3.05, 3.63) is 65.5 Å². The zero-order chi connectivity index (χ0) is 21.4. The highest BCUT2D eigenvalue weighted by molar-refractivity contribution is 6.01. The summed E-state index contributed by atoms with van der Waals surface area (Å²) in [6.45, 7) is 1.94. The minimum Gasteiger partial charge on any atom is -0.376 e. The lowest BCUT2D eigenvalue weighted by Gasteiger charge is -2.27. The molecule has 0 saturated carbocycles. The van der Waals surface area contributed by atoms with Gasteiger partial charge in [-0.15, -0.1) is 0 Å². The highest BCUT2D eigenvalue weighted by Gasteiger charge is 2.29. The third-order valence-corrected chi connectivity index (χ3v) is 6.17. The van der Waals surface area contributed by atoms with Gasteiger partial charge in [0.1, 0.15) is 11.6 Å². The lowest BCUT2D eigenvalue weighted by Crippen LogP contribution is -2.31. The van der Waals surface area contributed by atoms with Crippen LogP contribution in [0.4, 0.5) is 14.5 Å². The maximum atomic E-state index is 14.4. The van der Waals surface area contributed by atoms with Crippen molar-refractivity contribution in [1.82, 2.24) is 14.9 Å². The Labute approximate surface area is 178 Å². The number of halogens is 2. The molecule has 1 amide bonds. The molecule has 1 N–H and O–H groups in total. The molecular weight excluding hydrogens is 402 g/mol. The number of hydrogen-bond acceptors (Lipinski definition) is 4. The first kappa shape index (κ1) is 19.9. The molecule has 2 fully saturated rings. The Morgan fingerprint density at radius 2 is 2.10 bits per heavy atom. The van der Waals surface area contributed by atoms with Crippen molar-refractivity contribution in [2.24, 2.45) is 0 Å². The number of amides is 1. The fourth-order valence-electron chi connectivity index (χ4n) is 4.60. The van der Waals surface area contributed by atoms with Crippen LogP contribution in [0.15, 0.2) is 42.7 Å². The van der Waals surface area contributed by atoms with Crippen LogP contribution in [0, 0.1) is 11.6 Å². The van der Waals surface area contributed by atoms with E-state index in [0.29, 0.717) is 23.2 Å². The Morgan fingerprint density at radius 1 is 1.19 bits per heavy atom. The number of carbonyl (C=O) groups excluding carboxylic acids is 1. The van der Waals surface area contributed by atoms with Crippen LogP contribution in [0.1, 0.15) is 47.6 Å². The second-order valence-electron chi connectivity index (χ2n) is 8.14. The van der Waals surface area contributed by atoms with Crippen LogP contribution >= 0.6 is 0 Å². The van der Waals surface area contributed by atoms with Crippen molar-refractivity contribution in [2.75, 3.05) is 24.6 Å². The fourth-order valence-corrected chi connectivity index (χ4v) is 4.60. The largest absolute Gasteiger partial charge is 0.376 e. The Kier molecular flexibility index (Phi) is 5.31. The standard InChI is InChI=1S/C23H24F2N4O2/c24-15-5-6-20(25)18(11-15)21-4-1-8-28(21)16-7-9-29-22(12-16)19(14-27-29)23(30)26-13-17-3-2-10-31-17/h5-7,9,11-12,14,17,21H,1-4,8,10,13H2,(H,26,30). The average molecular weight is 426 g/mol. The maximum Gasteiger partial charge on any atom is 0.255 e. The first-order chi connectivity index (χ1) is 15.1. The molecule has 31 heavy (non-hydrogen) atoms. The van der Waals surface area contributed by atoms with Gasteiger partial charge in [-0.25, -0.2) is 13.3 Å². The van der Waals surface area contributed by atoms with E-state index in [9.17, 15) is 13.6 Å². The molecule has 162 valence electrons. The number of nitrogens with zero attached hydrogens (tertiary/aromatic N) is 3. The summed E-state index contributed by atoms with van der Waals surface area (Å²) in [5, 5.41) is 7.22. The third-order valence-electron chi connectivity index (χ3n) is 6.17. The van der Waals surface area contributed by atoms with Crippen molar-refractivity contribution >= 4 is 17.1 Å². The zero-order valence-corrected chi connectivity index (χ0v) is 17.1. The summed E-state index contributed by atoms with van der Waals surface area (Å²) < 4.78 is 35.4. The van der Waals surface area contributed by atoms with Gasteiger partial charge in [-0.3, -0.25) is 4.79 Å². The monoisotopic (exact) mass is 426 g/mol. The predicted octanol–water partition coefficient (Wildman–Crippen LogP) is 3.86. The molecule has 0 aliphatic carbocycles. The van der Waals surface area contributed by atoms with Gasteiger partial charge in [0.05, 0.1) is 29.4 Å². The van der Waals surface area contributed by atoms with E-state index in [2.05, 4.69) is 15.3 Å². The molecule has 2 aromatic heterocycles. The number of rotatable bonds is 5. The van der Waals surface area contributed by atoms with Crippen LogP contribution in [0.2, 0.25) is 0 Å². The van der Waals surface area contributed by atoms with Crippen LogP contribution in [0.3, 0.4) is 0 Å². The van der Waals surface area contributed by atoms with E-state index in [-0.39, 0.29) is 18.1 Å². The van der Waals surface area contributed by atoms with Gasteiger partial charge in [-0.1, -0.05) is 0 Å². The number of fused-ring (bicyclic) bond motifs is 1. The number of hydrogen-bond donors (Lipinski definition) is 1. The summed E-state index contributed by atoms with van der Waals surface area (Å²) in [5.41, 5.74) is 2.37. The molecule has 0 radical (unpaired) electrons. The van der Waals surface area contributed by atoms with Crippen LogP contribution in [-0.4, -0.2) is 41.3 Å². The lowest BCUT2D eigenvalue weighted by molar-refractivity contribution is 0.0859. The first-order valence-corrected chi connectivity index (χ1v) is 10.7. The molecule has 3 aromatic rings. The normalized spacial score (nSPS) is 21.2. The summed E-state index contributed by atoms with van der Waals surface area (Å²) in [4.78, 5) is 14.8. The average Bonchev–Trinajstić information content (AvgIpc) is 3.53. The molecule has 2 aliphatic rings. The molecule has 1 aromatic carbocycles. The molecule has 5 rings (SSSR count). The second-order valence-corrected chi connectivity index (χ2v) is 8.14. The topological polar surface area (TPSA) is 58.9 Å². The van der Waals surface area contributed by atoms with Gasteiger partial charge in [-0.05, 0) is 56.0 Å². The lowest BCUT2D eigenvalue weighted by atomic mass is 10.0. The number of anilines is 1. The van der Waals surface area contributed by atoms with Crippen molar-refractivity contribution in [1.29, 1.82) is 0 Å². The van der Waals surface area contributed by atoms with Gasteiger partial charge in [0.25, 0.3) is 5.91 Å². The number of pyridine rings is 1. The molecule has 6 nitrogen and oxygen atoms in total. The quantitative estimate of drug-likeness (QED) is 0.673. The molecule has 2 atom stereocenters. The van der Waals surface area contributed by atoms with Crippen molar-refractivity contribution in [3.8, 4) is 0 Å². The molecule has 2 unspecified atom stereocenters. The number of carbonyl (C=O) groups is 1. The number of nitrogens with one attached hydrogen (secondary N) is 1. The highest BCUT2D eigenvalue weighted by Crippen LogP contribution is 2.38. The van der Waals surface area contributed by atoms with Gasteiger partial charge in [-0.2, -0.15) is 5.10 Å². The molecule has 0 bridgehead atoms. The van der Waals surface area contributed by atoms with Crippen LogP contribution in [-0.2, 0) is 4.74 Å². The summed E-state index contributed by atoms with van der Waals surface area (Å²) in [6.07, 6.45) is 6.99. The van der Waals surface area contributed by atoms with E-state index in [4.69, 9.17) is 4.74 Å². The van der Waals surface area contributed by atoms with E-state index in [1.54, 1.807) is 16.9 Å². The molecular formula is C23H24F2N4O2. The SMILES string of the molecule is O=C(NCC1CCCO1)c1cnn2ccc(N3CCCC3c3cc(F)ccc3F)cc12. The van der Waals surface area contributed by atoms with E-state index < -0.39 is 11.6 Å². The summed E-state index contributed by atoms with van der Waals surface area (Å²) in [5.74, 6) is -1.05. The Bertz CT molecular complexity index is 1110. The third kappa shape index (κ3) is 3.87. The molecule has 2 saturated heterocycles. The Morgan fingerprint density at radius 3 is 2.94 bits per heavy atom. The van der Waals surface area contributed by atoms with Crippen LogP contribution in [0.5, 0.6) is 0 Å². The molecule has 0 spiro atoms. The Balaban J connectivity index is 1.41. The summed E-state index contributed by atoms with van der Waals surface area (Å²) >= 11 is 0. The smallest absolute Gasteiger partial charge is 0.255 e. The minimum atomic E-state index is -0.445. The predicted molar refractivity (Wildman–Crippen MR) is 112 cm³/mol. The highest BCUT2D eigenvalue weighted by atomic mass is 19.1.